The zero-order valence-electron chi connectivity index (χ0n) is 18.8. The molecule has 1 saturated heterocycles. The first-order valence-electron chi connectivity index (χ1n) is 10.7. The van der Waals surface area contributed by atoms with Gasteiger partial charge in [-0.1, -0.05) is 16.8 Å². The number of benzene rings is 1. The van der Waals surface area contributed by atoms with E-state index >= 15 is 0 Å². The first kappa shape index (κ1) is 24.0. The van der Waals surface area contributed by atoms with Gasteiger partial charge in [-0.15, -0.1) is 0 Å². The van der Waals surface area contributed by atoms with E-state index in [1.165, 1.54) is 0 Å². The van der Waals surface area contributed by atoms with Crippen LogP contribution in [0.2, 0.25) is 5.02 Å². The van der Waals surface area contributed by atoms with Gasteiger partial charge in [-0.3, -0.25) is 9.69 Å². The van der Waals surface area contributed by atoms with Crippen LogP contribution in [0.25, 0.3) is 11.4 Å². The monoisotopic (exact) mass is 463 g/mol. The molecular formula is C22H30ClN5O4. The van der Waals surface area contributed by atoms with Crippen LogP contribution in [-0.2, 0) is 16.1 Å². The van der Waals surface area contributed by atoms with Gasteiger partial charge >= 0.3 is 6.09 Å². The molecule has 0 saturated carbocycles. The van der Waals surface area contributed by atoms with Crippen LogP contribution in [0.3, 0.4) is 0 Å². The molecule has 0 spiro atoms. The van der Waals surface area contributed by atoms with Crippen molar-refractivity contribution in [2.75, 3.05) is 32.7 Å². The minimum Gasteiger partial charge on any atom is -0.444 e. The highest BCUT2D eigenvalue weighted by Crippen LogP contribution is 2.19. The Labute approximate surface area is 193 Å². The summed E-state index contributed by atoms with van der Waals surface area (Å²) >= 11 is 5.92. The number of hydrogen-bond acceptors (Lipinski definition) is 7. The fraction of sp³-hybridized carbons (Fsp3) is 0.545. The number of hydrogen-bond donors (Lipinski definition) is 1. The molecule has 0 atom stereocenters. The van der Waals surface area contributed by atoms with E-state index in [9.17, 15) is 9.59 Å². The Kier molecular flexibility index (Phi) is 8.09. The summed E-state index contributed by atoms with van der Waals surface area (Å²) in [4.78, 5) is 32.6. The van der Waals surface area contributed by atoms with Gasteiger partial charge in [0.2, 0.25) is 17.6 Å². The van der Waals surface area contributed by atoms with Gasteiger partial charge in [0.25, 0.3) is 0 Å². The Hall–Kier alpha value is -2.65. The van der Waals surface area contributed by atoms with Gasteiger partial charge < -0.3 is 19.5 Å². The Morgan fingerprint density at radius 1 is 1.16 bits per heavy atom. The van der Waals surface area contributed by atoms with Crippen molar-refractivity contribution in [1.29, 1.82) is 0 Å². The molecule has 1 aromatic carbocycles. The summed E-state index contributed by atoms with van der Waals surface area (Å²) in [5.41, 5.74) is 0.319. The summed E-state index contributed by atoms with van der Waals surface area (Å²) in [6.45, 7) is 9.16. The molecule has 0 bridgehead atoms. The second-order valence-electron chi connectivity index (χ2n) is 8.71. The molecule has 0 radical (unpaired) electrons. The molecule has 2 heterocycles. The molecule has 9 nitrogen and oxygen atoms in total. The lowest BCUT2D eigenvalue weighted by molar-refractivity contribution is -0.133. The molecule has 2 aromatic rings. The molecule has 1 N–H and O–H groups in total. The maximum absolute atomic E-state index is 12.4. The SMILES string of the molecule is CC(C)(C)OC(=O)NCCCC(=O)N1CCN(Cc2nc(-c3ccc(Cl)cc3)no2)CC1. The molecular weight excluding hydrogens is 434 g/mol. The number of carbonyl (C=O) groups is 2. The van der Waals surface area contributed by atoms with E-state index in [0.29, 0.717) is 55.8 Å². The highest BCUT2D eigenvalue weighted by atomic mass is 35.5. The van der Waals surface area contributed by atoms with E-state index in [1.807, 2.05) is 37.8 Å². The molecule has 174 valence electrons. The zero-order valence-corrected chi connectivity index (χ0v) is 19.5. The van der Waals surface area contributed by atoms with E-state index in [4.69, 9.17) is 20.9 Å². The van der Waals surface area contributed by atoms with Crippen LogP contribution in [0.1, 0.15) is 39.5 Å². The van der Waals surface area contributed by atoms with Gasteiger partial charge in [-0.25, -0.2) is 4.79 Å². The van der Waals surface area contributed by atoms with Crippen LogP contribution in [-0.4, -0.2) is 70.3 Å². The second kappa shape index (κ2) is 10.8. The number of amides is 2. The lowest BCUT2D eigenvalue weighted by Gasteiger charge is -2.34. The first-order valence-corrected chi connectivity index (χ1v) is 11.1. The second-order valence-corrected chi connectivity index (χ2v) is 9.14. The minimum atomic E-state index is -0.530. The smallest absolute Gasteiger partial charge is 0.407 e. The van der Waals surface area contributed by atoms with Gasteiger partial charge in [-0.05, 0) is 51.5 Å². The minimum absolute atomic E-state index is 0.0958. The third kappa shape index (κ3) is 7.49. The first-order chi connectivity index (χ1) is 15.2. The van der Waals surface area contributed by atoms with Crippen molar-refractivity contribution >= 4 is 23.6 Å². The Morgan fingerprint density at radius 3 is 2.50 bits per heavy atom. The van der Waals surface area contributed by atoms with E-state index in [2.05, 4.69) is 20.4 Å². The fourth-order valence-corrected chi connectivity index (χ4v) is 3.41. The number of halogens is 1. The van der Waals surface area contributed by atoms with Crippen molar-refractivity contribution in [1.82, 2.24) is 25.3 Å². The van der Waals surface area contributed by atoms with Crippen molar-refractivity contribution in [2.45, 2.75) is 45.8 Å². The lowest BCUT2D eigenvalue weighted by Crippen LogP contribution is -2.48. The number of piperazine rings is 1. The summed E-state index contributed by atoms with van der Waals surface area (Å²) in [5, 5.41) is 7.37. The molecule has 0 aliphatic carbocycles. The van der Waals surface area contributed by atoms with E-state index < -0.39 is 11.7 Å². The summed E-state index contributed by atoms with van der Waals surface area (Å²) in [5.74, 6) is 1.17. The Morgan fingerprint density at radius 2 is 1.84 bits per heavy atom. The predicted octanol–water partition coefficient (Wildman–Crippen LogP) is 3.34. The van der Waals surface area contributed by atoms with Crippen molar-refractivity contribution < 1.29 is 18.8 Å². The highest BCUT2D eigenvalue weighted by Gasteiger charge is 2.22. The summed E-state index contributed by atoms with van der Waals surface area (Å²) in [6, 6.07) is 7.28. The predicted molar refractivity (Wildman–Crippen MR) is 120 cm³/mol. The summed E-state index contributed by atoms with van der Waals surface area (Å²) in [6.07, 6.45) is 0.510. The summed E-state index contributed by atoms with van der Waals surface area (Å²) < 4.78 is 10.6. The maximum atomic E-state index is 12.4. The summed E-state index contributed by atoms with van der Waals surface area (Å²) in [7, 11) is 0. The molecule has 1 aliphatic heterocycles. The number of ether oxygens (including phenoxy) is 1. The third-order valence-electron chi connectivity index (χ3n) is 4.89. The van der Waals surface area contributed by atoms with E-state index in [0.717, 1.165) is 18.7 Å². The Bertz CT molecular complexity index is 902. The number of aromatic nitrogens is 2. The number of alkyl carbamates (subject to hydrolysis) is 1. The fourth-order valence-electron chi connectivity index (χ4n) is 3.28. The standard InChI is InChI=1S/C22H30ClN5O4/c1-22(2,3)31-21(30)24-10-4-5-19(29)28-13-11-27(12-14-28)15-18-25-20(26-32-18)16-6-8-17(23)9-7-16/h6-9H,4-5,10-15H2,1-3H3,(H,24,30). The average molecular weight is 464 g/mol. The van der Waals surface area contributed by atoms with Gasteiger partial charge in [-0.2, -0.15) is 4.98 Å². The molecule has 1 aromatic heterocycles. The molecule has 32 heavy (non-hydrogen) atoms. The molecule has 3 rings (SSSR count). The quantitative estimate of drug-likeness (QED) is 0.628. The topological polar surface area (TPSA) is 101 Å². The number of nitrogens with zero attached hydrogens (tertiary/aromatic N) is 4. The normalized spacial score (nSPS) is 14.9. The average Bonchev–Trinajstić information content (AvgIpc) is 3.19. The van der Waals surface area contributed by atoms with E-state index in [-0.39, 0.29) is 5.91 Å². The molecule has 2 amide bonds. The number of carbonyl (C=O) groups excluding carboxylic acids is 2. The van der Waals surface area contributed by atoms with Crippen molar-refractivity contribution in [3.8, 4) is 11.4 Å². The number of rotatable bonds is 7. The molecule has 10 heteroatoms. The Balaban J connectivity index is 1.35. The van der Waals surface area contributed by atoms with Crippen LogP contribution < -0.4 is 5.32 Å². The van der Waals surface area contributed by atoms with Crippen molar-refractivity contribution in [2.24, 2.45) is 0 Å². The van der Waals surface area contributed by atoms with Gasteiger partial charge in [0.1, 0.15) is 5.60 Å². The van der Waals surface area contributed by atoms with Gasteiger partial charge in [0, 0.05) is 49.7 Å². The molecule has 1 aliphatic rings. The van der Waals surface area contributed by atoms with Crippen molar-refractivity contribution in [3.63, 3.8) is 0 Å². The van der Waals surface area contributed by atoms with E-state index in [1.54, 1.807) is 12.1 Å². The van der Waals surface area contributed by atoms with Gasteiger partial charge in [0.15, 0.2) is 0 Å². The highest BCUT2D eigenvalue weighted by molar-refractivity contribution is 6.30. The maximum Gasteiger partial charge on any atom is 0.407 e. The van der Waals surface area contributed by atoms with Crippen LogP contribution in [0, 0.1) is 0 Å². The number of nitrogens with one attached hydrogen (secondary N) is 1. The van der Waals surface area contributed by atoms with Crippen LogP contribution in [0.5, 0.6) is 0 Å². The van der Waals surface area contributed by atoms with Gasteiger partial charge in [0.05, 0.1) is 6.54 Å². The third-order valence-corrected chi connectivity index (χ3v) is 5.14. The molecule has 0 unspecified atom stereocenters. The van der Waals surface area contributed by atoms with Crippen LogP contribution in [0.4, 0.5) is 4.79 Å². The molecule has 1 fully saturated rings. The van der Waals surface area contributed by atoms with Crippen molar-refractivity contribution in [3.05, 3.63) is 35.2 Å². The lowest BCUT2D eigenvalue weighted by atomic mass is 10.2. The van der Waals surface area contributed by atoms with Crippen LogP contribution in [0.15, 0.2) is 28.8 Å². The largest absolute Gasteiger partial charge is 0.444 e. The van der Waals surface area contributed by atoms with Crippen LogP contribution >= 0.6 is 11.6 Å². The zero-order chi connectivity index (χ0) is 23.1.